The van der Waals surface area contributed by atoms with Crippen LogP contribution in [0.25, 0.3) is 0 Å². The van der Waals surface area contributed by atoms with Gasteiger partial charge in [-0.3, -0.25) is 9.59 Å². The highest BCUT2D eigenvalue weighted by atomic mass is 16.6. The van der Waals surface area contributed by atoms with Gasteiger partial charge < -0.3 is 20.1 Å². The fraction of sp³-hybridized carbons (Fsp3) is 0.727. The average Bonchev–Trinajstić information content (AvgIpc) is 2.60. The van der Waals surface area contributed by atoms with Crippen molar-refractivity contribution in [2.24, 2.45) is 34.0 Å². The van der Waals surface area contributed by atoms with Crippen LogP contribution in [0.1, 0.15) is 40.5 Å². The molecule has 0 aromatic heterocycles. The summed E-state index contributed by atoms with van der Waals surface area (Å²) in [4.78, 5) is 25.8. The maximum Gasteiger partial charge on any atom is 0.208 e. The Morgan fingerprint density at radius 2 is 1.86 bits per heavy atom. The van der Waals surface area contributed by atoms with Gasteiger partial charge in [-0.15, -0.1) is 0 Å². The van der Waals surface area contributed by atoms with Gasteiger partial charge in [0.2, 0.25) is 5.79 Å². The highest BCUT2D eigenvalue weighted by molar-refractivity contribution is 5.96. The number of carbonyl (C=O) groups is 2. The number of Topliss-reactive ketones (excluding diaryl/α,β-unsaturated/α-hetero) is 1. The lowest BCUT2D eigenvalue weighted by Gasteiger charge is -2.73. The molecule has 6 nitrogen and oxygen atoms in total. The molecule has 5 aliphatic rings. The standard InChI is InChI=1S/C22H30O6/c1-11(2)13-6-7-14-20-9-8-15(24)19(4,5)16(20)18(26)22(27,28-10-20)21(14,12(3)23)17(13)25/h8-9,13-14,16-18,25-27H,1,6-7,10H2,2-5H3/t13-,14-,16+,17+,18-,20+,21+,22-/m0/s1. The van der Waals surface area contributed by atoms with Gasteiger partial charge in [0, 0.05) is 22.7 Å². The second-order valence-corrected chi connectivity index (χ2v) is 9.89. The molecule has 0 aromatic rings. The summed E-state index contributed by atoms with van der Waals surface area (Å²) in [5, 5.41) is 34.5. The molecule has 2 saturated carbocycles. The Morgan fingerprint density at radius 3 is 2.43 bits per heavy atom. The summed E-state index contributed by atoms with van der Waals surface area (Å²) < 4.78 is 5.83. The number of ketones is 2. The molecule has 3 aliphatic carbocycles. The summed E-state index contributed by atoms with van der Waals surface area (Å²) in [6, 6.07) is 0. The van der Waals surface area contributed by atoms with Crippen molar-refractivity contribution in [2.75, 3.05) is 6.61 Å². The summed E-state index contributed by atoms with van der Waals surface area (Å²) in [5.41, 5.74) is -2.68. The summed E-state index contributed by atoms with van der Waals surface area (Å²) in [6.07, 6.45) is 1.77. The van der Waals surface area contributed by atoms with Crippen LogP contribution < -0.4 is 0 Å². The van der Waals surface area contributed by atoms with E-state index >= 15 is 0 Å². The van der Waals surface area contributed by atoms with Gasteiger partial charge in [-0.1, -0.05) is 32.1 Å². The van der Waals surface area contributed by atoms with Crippen LogP contribution in [0.2, 0.25) is 0 Å². The topological polar surface area (TPSA) is 104 Å². The number of rotatable bonds is 2. The van der Waals surface area contributed by atoms with Crippen molar-refractivity contribution < 1.29 is 29.6 Å². The molecule has 2 saturated heterocycles. The first-order chi connectivity index (χ1) is 12.9. The lowest BCUT2D eigenvalue weighted by atomic mass is 9.35. The molecule has 2 heterocycles. The van der Waals surface area contributed by atoms with E-state index in [1.807, 2.05) is 0 Å². The molecule has 28 heavy (non-hydrogen) atoms. The highest BCUT2D eigenvalue weighted by Crippen LogP contribution is 2.72. The first kappa shape index (κ1) is 20.0. The third-order valence-corrected chi connectivity index (χ3v) is 8.42. The van der Waals surface area contributed by atoms with Gasteiger partial charge in [0.25, 0.3) is 0 Å². The monoisotopic (exact) mass is 390 g/mol. The van der Waals surface area contributed by atoms with E-state index in [1.54, 1.807) is 26.8 Å². The van der Waals surface area contributed by atoms with Crippen LogP contribution >= 0.6 is 0 Å². The van der Waals surface area contributed by atoms with Crippen LogP contribution in [0.3, 0.4) is 0 Å². The maximum absolute atomic E-state index is 13.1. The first-order valence-corrected chi connectivity index (χ1v) is 10.0. The zero-order valence-corrected chi connectivity index (χ0v) is 16.9. The van der Waals surface area contributed by atoms with E-state index in [-0.39, 0.29) is 18.3 Å². The lowest BCUT2D eigenvalue weighted by molar-refractivity contribution is -0.438. The Balaban J connectivity index is 2.01. The molecule has 0 radical (unpaired) electrons. The molecule has 0 unspecified atom stereocenters. The van der Waals surface area contributed by atoms with E-state index in [0.717, 1.165) is 5.57 Å². The van der Waals surface area contributed by atoms with Crippen LogP contribution in [0, 0.1) is 34.0 Å². The Labute approximate surface area is 165 Å². The SMILES string of the molecule is C=C(C)[C@@H]1CC[C@H]2[C@]34C=CC(=O)C(C)(C)[C@H]3[C@H](O)[C@](O)(OC4)[C@@]2(C(C)=O)[C@@H]1O. The second kappa shape index (κ2) is 5.63. The number of hydrogen-bond acceptors (Lipinski definition) is 6. The predicted molar refractivity (Wildman–Crippen MR) is 101 cm³/mol. The number of ether oxygens (including phenoxy) is 1. The summed E-state index contributed by atoms with van der Waals surface area (Å²) in [6.45, 7) is 10.7. The van der Waals surface area contributed by atoms with Gasteiger partial charge in [-0.25, -0.2) is 0 Å². The van der Waals surface area contributed by atoms with Gasteiger partial charge in [0.05, 0.1) is 12.7 Å². The minimum atomic E-state index is -2.26. The zero-order chi connectivity index (χ0) is 20.9. The largest absolute Gasteiger partial charge is 0.391 e. The van der Waals surface area contributed by atoms with E-state index in [1.165, 1.54) is 13.0 Å². The fourth-order valence-corrected chi connectivity index (χ4v) is 7.18. The molecule has 8 atom stereocenters. The van der Waals surface area contributed by atoms with E-state index in [4.69, 9.17) is 4.74 Å². The van der Waals surface area contributed by atoms with Crippen molar-refractivity contribution in [3.05, 3.63) is 24.3 Å². The third-order valence-electron chi connectivity index (χ3n) is 8.42. The minimum absolute atomic E-state index is 0.0998. The van der Waals surface area contributed by atoms with Crippen molar-refractivity contribution in [3.63, 3.8) is 0 Å². The molecular weight excluding hydrogens is 360 g/mol. The molecular formula is C22H30O6. The normalized spacial score (nSPS) is 51.4. The highest BCUT2D eigenvalue weighted by Gasteiger charge is 2.82. The lowest BCUT2D eigenvalue weighted by Crippen LogP contribution is -2.85. The molecule has 0 amide bonds. The van der Waals surface area contributed by atoms with E-state index in [9.17, 15) is 24.9 Å². The van der Waals surface area contributed by atoms with Crippen LogP contribution in [0.5, 0.6) is 0 Å². The van der Waals surface area contributed by atoms with Crippen molar-refractivity contribution in [1.29, 1.82) is 0 Å². The van der Waals surface area contributed by atoms with Gasteiger partial charge in [0.1, 0.15) is 17.3 Å². The van der Waals surface area contributed by atoms with Crippen molar-refractivity contribution in [1.82, 2.24) is 0 Å². The van der Waals surface area contributed by atoms with Crippen molar-refractivity contribution >= 4 is 11.6 Å². The second-order valence-electron chi connectivity index (χ2n) is 9.89. The van der Waals surface area contributed by atoms with E-state index in [0.29, 0.717) is 12.8 Å². The first-order valence-electron chi connectivity index (χ1n) is 10.0. The molecule has 3 N–H and O–H groups in total. The molecule has 5 rings (SSSR count). The van der Waals surface area contributed by atoms with Gasteiger partial charge in [-0.2, -0.15) is 0 Å². The predicted octanol–water partition coefficient (Wildman–Crippen LogP) is 1.39. The Bertz CT molecular complexity index is 799. The van der Waals surface area contributed by atoms with Crippen LogP contribution in [-0.4, -0.2) is 51.5 Å². The number of carbonyl (C=O) groups excluding carboxylic acids is 2. The number of hydrogen-bond donors (Lipinski definition) is 3. The molecule has 1 spiro atoms. The molecule has 2 aliphatic heterocycles. The Hall–Kier alpha value is -1.34. The molecule has 6 heteroatoms. The summed E-state index contributed by atoms with van der Waals surface area (Å²) in [7, 11) is 0. The third kappa shape index (κ3) is 1.88. The van der Waals surface area contributed by atoms with Crippen molar-refractivity contribution in [3.8, 4) is 0 Å². The smallest absolute Gasteiger partial charge is 0.208 e. The number of fused-ring (bicyclic) bond motifs is 1. The quantitative estimate of drug-likeness (QED) is 0.616. The van der Waals surface area contributed by atoms with Crippen LogP contribution in [0.15, 0.2) is 24.3 Å². The maximum atomic E-state index is 13.1. The van der Waals surface area contributed by atoms with Gasteiger partial charge in [0.15, 0.2) is 5.78 Å². The van der Waals surface area contributed by atoms with Gasteiger partial charge >= 0.3 is 0 Å². The summed E-state index contributed by atoms with van der Waals surface area (Å²) in [5.74, 6) is -4.22. The number of allylic oxidation sites excluding steroid dienone is 1. The molecule has 4 fully saturated rings. The number of aliphatic hydroxyl groups is 3. The Kier molecular flexibility index (Phi) is 4.01. The van der Waals surface area contributed by atoms with E-state index in [2.05, 4.69) is 6.58 Å². The van der Waals surface area contributed by atoms with Crippen molar-refractivity contribution in [2.45, 2.75) is 58.5 Å². The minimum Gasteiger partial charge on any atom is -0.391 e. The van der Waals surface area contributed by atoms with Crippen LogP contribution in [-0.2, 0) is 14.3 Å². The Morgan fingerprint density at radius 1 is 1.21 bits per heavy atom. The number of aliphatic hydroxyl groups excluding tert-OH is 2. The molecule has 0 aromatic carbocycles. The van der Waals surface area contributed by atoms with E-state index < -0.39 is 51.9 Å². The van der Waals surface area contributed by atoms with Gasteiger partial charge in [-0.05, 0) is 38.7 Å². The molecule has 2 bridgehead atoms. The average molecular weight is 390 g/mol. The van der Waals surface area contributed by atoms with Crippen LogP contribution in [0.4, 0.5) is 0 Å². The molecule has 154 valence electrons. The fourth-order valence-electron chi connectivity index (χ4n) is 7.18. The summed E-state index contributed by atoms with van der Waals surface area (Å²) >= 11 is 0. The zero-order valence-electron chi connectivity index (χ0n) is 16.9.